The van der Waals surface area contributed by atoms with Crippen LogP contribution in [0.4, 0.5) is 0 Å². The number of fused-ring (bicyclic) bond motifs is 24. The minimum absolute atomic E-state index is 0.0297. The first-order valence-electron chi connectivity index (χ1n) is 42.3. The zero-order chi connectivity index (χ0) is 79.9. The molecule has 0 amide bonds. The van der Waals surface area contributed by atoms with E-state index < -0.39 is 0 Å². The van der Waals surface area contributed by atoms with Gasteiger partial charge in [0.05, 0.1) is 27.6 Å². The molecule has 8 aliphatic rings. The quantitative estimate of drug-likeness (QED) is 0.0862. The highest BCUT2D eigenvalue weighted by atomic mass is 16.5. The maximum absolute atomic E-state index is 6.40. The van der Waals surface area contributed by atoms with Crippen LogP contribution in [0, 0.1) is 0 Å². The van der Waals surface area contributed by atoms with Crippen LogP contribution in [0.25, 0.3) is 185 Å². The van der Waals surface area contributed by atoms with Crippen LogP contribution in [-0.4, -0.2) is 0 Å². The van der Waals surface area contributed by atoms with Crippen LogP contribution >= 0.6 is 0 Å². The first kappa shape index (κ1) is 68.0. The molecule has 0 radical (unpaired) electrons. The molecule has 8 heterocycles. The zero-order valence-corrected chi connectivity index (χ0v) is 68.1. The van der Waals surface area contributed by atoms with E-state index in [-0.39, 0.29) is 21.7 Å². The second-order valence-electron chi connectivity index (χ2n) is 36.5. The van der Waals surface area contributed by atoms with Gasteiger partial charge in [0.15, 0.2) is 18.6 Å². The summed E-state index contributed by atoms with van der Waals surface area (Å²) in [4.78, 5) is 0. The number of ether oxygens (including phenoxy) is 4. The lowest BCUT2D eigenvalue weighted by Gasteiger charge is -2.24. The predicted octanol–water partition coefficient (Wildman–Crippen LogP) is 25.5. The van der Waals surface area contributed by atoms with Gasteiger partial charge in [0.2, 0.25) is 28.3 Å². The Kier molecular flexibility index (Phi) is 13.5. The van der Waals surface area contributed by atoms with Crippen LogP contribution in [-0.2, 0) is 48.6 Å². The maximum atomic E-state index is 6.40. The SMILES string of the molecule is CC1(C)c2c3c(cc4cc5ccccc5cc24)OC[n+]2cc4c(ccc5ccccc54)c1c2-3.CC1(C)c2c3c(cc4cc5ccccc5cc24)OC[n+]2cc4ccc5ccccc5c4c1c2-3.CC1(C)c2cc3ccccc3[n+]3c2-c2c(cc4c(ccc5ccccc54)c21)OC3.CC1(C)c2ccc[n+]3c2-c2c(cc4c(ccc5ccccc54)c21)OC3. The van der Waals surface area contributed by atoms with Crippen molar-refractivity contribution in [1.82, 2.24) is 0 Å². The van der Waals surface area contributed by atoms with Crippen molar-refractivity contribution in [2.75, 3.05) is 0 Å². The summed E-state index contributed by atoms with van der Waals surface area (Å²) in [6, 6.07) is 104. The monoisotopic (exact) mass is 1550 g/mol. The Hall–Kier alpha value is -14.1. The molecule has 0 saturated carbocycles. The van der Waals surface area contributed by atoms with Crippen molar-refractivity contribution in [2.45, 2.75) is 104 Å². The molecule has 4 aromatic heterocycles. The van der Waals surface area contributed by atoms with Crippen molar-refractivity contribution in [2.24, 2.45) is 0 Å². The third-order valence-corrected chi connectivity index (χ3v) is 28.6. The summed E-state index contributed by atoms with van der Waals surface area (Å²) < 4.78 is 34.6. The Balaban J connectivity index is 0.0000000870. The van der Waals surface area contributed by atoms with E-state index in [1.165, 1.54) is 230 Å². The number of benzene rings is 17. The number of rotatable bonds is 0. The van der Waals surface area contributed by atoms with E-state index in [1.54, 1.807) is 0 Å². The molecule has 29 rings (SSSR count). The minimum atomic E-state index is -0.152. The minimum Gasteiger partial charge on any atom is -0.435 e. The fourth-order valence-electron chi connectivity index (χ4n) is 23.4. The average Bonchev–Trinajstić information content (AvgIpc) is 1.50. The molecule has 8 heteroatoms. The highest BCUT2D eigenvalue weighted by Gasteiger charge is 2.53. The highest BCUT2D eigenvalue weighted by Crippen LogP contribution is 2.62. The molecule has 0 spiro atoms. The van der Waals surface area contributed by atoms with E-state index in [0.29, 0.717) is 26.9 Å². The molecule has 120 heavy (non-hydrogen) atoms. The summed E-state index contributed by atoms with van der Waals surface area (Å²) in [6.45, 7) is 21.2. The second kappa shape index (κ2) is 23.9. The van der Waals surface area contributed by atoms with Gasteiger partial charge < -0.3 is 18.9 Å². The number of hydrogen-bond acceptors (Lipinski definition) is 4. The Morgan fingerprint density at radius 1 is 0.225 bits per heavy atom. The van der Waals surface area contributed by atoms with Crippen molar-refractivity contribution >= 4 is 140 Å². The van der Waals surface area contributed by atoms with E-state index in [1.807, 2.05) is 0 Å². The van der Waals surface area contributed by atoms with Gasteiger partial charge in [-0.25, -0.2) is 0 Å². The lowest BCUT2D eigenvalue weighted by molar-refractivity contribution is -0.717. The standard InChI is InChI=1S/2C31H22NO.C27H20NO.C23H18NO/c1-31(2)28-24-14-20-9-4-3-8-19(20)13-21(24)15-26-27(28)30-29(31)23-12-11-18-7-5-6-10-22(18)25(23)16-32(30)17-33-26;1-31(2)28-24-14-20-9-4-3-8-19(20)13-22(24)15-25-27(28)30-29(31)26-21(16-32(30)17-33-25)12-11-18-7-5-6-10-23(18)26;1-27(2)21-13-17-8-4-6-10-22(17)28-15-29-23-14-20-18-9-5-3-7-16(18)11-12-19(20)25(27)24(23)26(21)28;1-23(2)18-8-5-11-24-13-25-19-12-17-15-7-4-3-6-14(15)9-10-16(17)21(23)20(19)22(18)24/h2*3-16H,17H2,1-2H3;3-14H,15H2,1-2H3;3-12H,13H2,1-2H3/q4*+1. The topological polar surface area (TPSA) is 52.4 Å². The average molecular weight is 1550 g/mol. The van der Waals surface area contributed by atoms with E-state index >= 15 is 0 Å². The van der Waals surface area contributed by atoms with Crippen molar-refractivity contribution in [3.8, 4) is 68.0 Å². The summed E-state index contributed by atoms with van der Waals surface area (Å²) in [5.41, 5.74) is 22.5. The molecular weight excluding hydrogens is 1470 g/mol. The fraction of sp³-hybridized carbons (Fsp3) is 0.143. The maximum Gasteiger partial charge on any atom is 0.293 e. The van der Waals surface area contributed by atoms with Gasteiger partial charge >= 0.3 is 0 Å². The molecule has 21 aromatic rings. The summed E-state index contributed by atoms with van der Waals surface area (Å²) in [5, 5.41) is 32.5. The van der Waals surface area contributed by atoms with E-state index in [9.17, 15) is 0 Å². The van der Waals surface area contributed by atoms with Gasteiger partial charge in [-0.3, -0.25) is 0 Å². The first-order chi connectivity index (χ1) is 58.5. The van der Waals surface area contributed by atoms with Crippen LogP contribution in [0.2, 0.25) is 0 Å². The Morgan fingerprint density at radius 3 is 1.18 bits per heavy atom. The summed E-state index contributed by atoms with van der Waals surface area (Å²) in [6.07, 6.45) is 6.70. The van der Waals surface area contributed by atoms with Gasteiger partial charge in [0.1, 0.15) is 23.0 Å². The number of nitrogens with zero attached hydrogens (tertiary/aromatic N) is 4. The molecule has 0 bridgehead atoms. The van der Waals surface area contributed by atoms with E-state index in [2.05, 4.69) is 377 Å². The van der Waals surface area contributed by atoms with E-state index in [4.69, 9.17) is 18.9 Å². The number of para-hydroxylation sites is 1. The fourth-order valence-corrected chi connectivity index (χ4v) is 23.4. The Labute approximate surface area is 693 Å². The van der Waals surface area contributed by atoms with Crippen molar-refractivity contribution in [3.63, 3.8) is 0 Å². The molecule has 0 saturated heterocycles. The molecular formula is C112H82N4O4+4. The summed E-state index contributed by atoms with van der Waals surface area (Å²) in [5.74, 6) is 4.07. The molecule has 4 aliphatic carbocycles. The molecule has 17 aromatic carbocycles. The smallest absolute Gasteiger partial charge is 0.293 e. The van der Waals surface area contributed by atoms with Crippen molar-refractivity contribution in [1.29, 1.82) is 0 Å². The predicted molar refractivity (Wildman–Crippen MR) is 487 cm³/mol. The normalized spacial score (nSPS) is 15.6. The van der Waals surface area contributed by atoms with Crippen LogP contribution < -0.4 is 37.2 Å². The Morgan fingerprint density at radius 2 is 0.617 bits per heavy atom. The molecule has 0 fully saturated rings. The zero-order valence-electron chi connectivity index (χ0n) is 68.1. The van der Waals surface area contributed by atoms with Gasteiger partial charge in [0, 0.05) is 72.2 Å². The third-order valence-electron chi connectivity index (χ3n) is 28.6. The Bertz CT molecular complexity index is 8340. The van der Waals surface area contributed by atoms with Gasteiger partial charge in [-0.05, 0) is 208 Å². The summed E-state index contributed by atoms with van der Waals surface area (Å²) in [7, 11) is 0. The first-order valence-corrected chi connectivity index (χ1v) is 42.3. The third kappa shape index (κ3) is 9.04. The lowest BCUT2D eigenvalue weighted by Crippen LogP contribution is -2.42. The molecule has 0 unspecified atom stereocenters. The number of hydrogen-bond donors (Lipinski definition) is 0. The van der Waals surface area contributed by atoms with Crippen LogP contribution in [0.3, 0.4) is 0 Å². The number of pyridine rings is 4. The molecule has 0 atom stereocenters. The van der Waals surface area contributed by atoms with Crippen LogP contribution in [0.15, 0.2) is 304 Å². The van der Waals surface area contributed by atoms with Gasteiger partial charge in [0.25, 0.3) is 26.9 Å². The molecule has 4 aliphatic heterocycles. The highest BCUT2D eigenvalue weighted by molar-refractivity contribution is 6.18. The van der Waals surface area contributed by atoms with Crippen molar-refractivity contribution in [3.05, 3.63) is 348 Å². The molecule has 8 nitrogen and oxygen atoms in total. The number of aromatic nitrogens is 4. The largest absolute Gasteiger partial charge is 0.435 e. The van der Waals surface area contributed by atoms with Gasteiger partial charge in [-0.15, -0.1) is 0 Å². The molecule has 570 valence electrons. The lowest BCUT2D eigenvalue weighted by atomic mass is 9.78. The van der Waals surface area contributed by atoms with Crippen molar-refractivity contribution < 1.29 is 37.2 Å². The van der Waals surface area contributed by atoms with Crippen LogP contribution in [0.5, 0.6) is 23.0 Å². The second-order valence-corrected chi connectivity index (χ2v) is 36.5. The van der Waals surface area contributed by atoms with Gasteiger partial charge in [-0.1, -0.05) is 256 Å². The van der Waals surface area contributed by atoms with Gasteiger partial charge in [-0.2, -0.15) is 18.3 Å². The van der Waals surface area contributed by atoms with Crippen LogP contribution in [0.1, 0.15) is 99.9 Å². The summed E-state index contributed by atoms with van der Waals surface area (Å²) >= 11 is 0. The van der Waals surface area contributed by atoms with E-state index in [0.717, 1.165) is 23.0 Å². The molecule has 0 N–H and O–H groups in total.